The van der Waals surface area contributed by atoms with Crippen molar-refractivity contribution in [1.82, 2.24) is 15.5 Å². The van der Waals surface area contributed by atoms with Crippen LogP contribution < -0.4 is 10.6 Å². The van der Waals surface area contributed by atoms with Crippen LogP contribution in [0.15, 0.2) is 0 Å². The molecular formula is C15H27N3O. The van der Waals surface area contributed by atoms with E-state index in [-0.39, 0.29) is 11.9 Å². The van der Waals surface area contributed by atoms with E-state index >= 15 is 0 Å². The zero-order valence-corrected chi connectivity index (χ0v) is 12.0. The average Bonchev–Trinajstić information content (AvgIpc) is 3.29. The number of carbonyl (C=O) groups is 1. The van der Waals surface area contributed by atoms with Gasteiger partial charge in [-0.15, -0.1) is 0 Å². The Balaban J connectivity index is 1.54. The van der Waals surface area contributed by atoms with E-state index in [1.165, 1.54) is 44.9 Å². The standard InChI is InChI=1S/C15H27N3O/c1-11(15(19)17-12-5-6-12)18(14-7-8-14)10-13-4-2-3-9-16-13/h11-14,16H,2-10H2,1H3,(H,17,19). The molecule has 3 rings (SSSR count). The molecule has 2 saturated carbocycles. The van der Waals surface area contributed by atoms with E-state index in [9.17, 15) is 4.79 Å². The van der Waals surface area contributed by atoms with Crippen molar-refractivity contribution >= 4 is 5.91 Å². The van der Waals surface area contributed by atoms with Crippen molar-refractivity contribution in [3.63, 3.8) is 0 Å². The molecule has 19 heavy (non-hydrogen) atoms. The van der Waals surface area contributed by atoms with E-state index in [0.717, 1.165) is 13.1 Å². The molecule has 0 radical (unpaired) electrons. The van der Waals surface area contributed by atoms with E-state index in [4.69, 9.17) is 0 Å². The van der Waals surface area contributed by atoms with Gasteiger partial charge in [0.1, 0.15) is 0 Å². The van der Waals surface area contributed by atoms with E-state index in [1.807, 2.05) is 0 Å². The van der Waals surface area contributed by atoms with Gasteiger partial charge in [-0.3, -0.25) is 9.69 Å². The molecule has 1 aliphatic heterocycles. The smallest absolute Gasteiger partial charge is 0.237 e. The van der Waals surface area contributed by atoms with E-state index in [2.05, 4.69) is 22.5 Å². The van der Waals surface area contributed by atoms with Crippen LogP contribution in [-0.4, -0.2) is 48.1 Å². The summed E-state index contributed by atoms with van der Waals surface area (Å²) >= 11 is 0. The molecule has 3 aliphatic rings. The molecule has 0 aromatic rings. The highest BCUT2D eigenvalue weighted by Gasteiger charge is 2.37. The van der Waals surface area contributed by atoms with Crippen molar-refractivity contribution < 1.29 is 4.79 Å². The highest BCUT2D eigenvalue weighted by molar-refractivity contribution is 5.82. The Bertz CT molecular complexity index is 319. The zero-order chi connectivity index (χ0) is 13.2. The first-order valence-electron chi connectivity index (χ1n) is 8.03. The fourth-order valence-electron chi connectivity index (χ4n) is 3.06. The molecule has 3 fully saturated rings. The number of amides is 1. The van der Waals surface area contributed by atoms with Gasteiger partial charge in [-0.25, -0.2) is 0 Å². The van der Waals surface area contributed by atoms with Crippen LogP contribution in [0.2, 0.25) is 0 Å². The molecule has 2 unspecified atom stereocenters. The maximum absolute atomic E-state index is 12.2. The summed E-state index contributed by atoms with van der Waals surface area (Å²) in [6.45, 7) is 4.27. The molecule has 1 heterocycles. The lowest BCUT2D eigenvalue weighted by Crippen LogP contribution is -2.52. The summed E-state index contributed by atoms with van der Waals surface area (Å²) in [6.07, 6.45) is 8.79. The maximum Gasteiger partial charge on any atom is 0.237 e. The van der Waals surface area contributed by atoms with Crippen molar-refractivity contribution in [2.45, 2.75) is 76.0 Å². The molecule has 0 aromatic heterocycles. The fraction of sp³-hybridized carbons (Fsp3) is 0.933. The number of piperidine rings is 1. The SMILES string of the molecule is CC(C(=O)NC1CC1)N(CC1CCCCN1)C1CC1. The Morgan fingerprint density at radius 1 is 1.26 bits per heavy atom. The molecule has 1 amide bonds. The highest BCUT2D eigenvalue weighted by atomic mass is 16.2. The zero-order valence-electron chi connectivity index (χ0n) is 12.0. The van der Waals surface area contributed by atoms with Gasteiger partial charge in [-0.1, -0.05) is 6.42 Å². The van der Waals surface area contributed by atoms with Crippen LogP contribution in [0.3, 0.4) is 0 Å². The molecule has 1 saturated heterocycles. The second kappa shape index (κ2) is 5.80. The Hall–Kier alpha value is -0.610. The van der Waals surface area contributed by atoms with Gasteiger partial charge in [0.05, 0.1) is 6.04 Å². The van der Waals surface area contributed by atoms with Crippen LogP contribution in [0.25, 0.3) is 0 Å². The van der Waals surface area contributed by atoms with Gasteiger partial charge in [-0.05, 0) is 52.0 Å². The summed E-state index contributed by atoms with van der Waals surface area (Å²) in [4.78, 5) is 14.7. The normalized spacial score (nSPS) is 29.3. The van der Waals surface area contributed by atoms with Crippen molar-refractivity contribution in [2.75, 3.05) is 13.1 Å². The van der Waals surface area contributed by atoms with Gasteiger partial charge in [-0.2, -0.15) is 0 Å². The van der Waals surface area contributed by atoms with Crippen LogP contribution >= 0.6 is 0 Å². The molecule has 4 nitrogen and oxygen atoms in total. The van der Waals surface area contributed by atoms with Gasteiger partial charge < -0.3 is 10.6 Å². The average molecular weight is 265 g/mol. The maximum atomic E-state index is 12.2. The predicted octanol–water partition coefficient (Wildman–Crippen LogP) is 1.26. The lowest BCUT2D eigenvalue weighted by Gasteiger charge is -2.34. The van der Waals surface area contributed by atoms with E-state index < -0.39 is 0 Å². The van der Waals surface area contributed by atoms with E-state index in [1.54, 1.807) is 0 Å². The minimum atomic E-state index is 0.0387. The molecule has 0 spiro atoms. The summed E-state index contributed by atoms with van der Waals surface area (Å²) in [6, 6.07) is 1.76. The number of nitrogens with one attached hydrogen (secondary N) is 2. The van der Waals surface area contributed by atoms with Gasteiger partial charge in [0.25, 0.3) is 0 Å². The van der Waals surface area contributed by atoms with Crippen molar-refractivity contribution in [2.24, 2.45) is 0 Å². The van der Waals surface area contributed by atoms with Crippen molar-refractivity contribution in [3.8, 4) is 0 Å². The number of hydrogen-bond acceptors (Lipinski definition) is 3. The minimum absolute atomic E-state index is 0.0387. The molecule has 0 bridgehead atoms. The van der Waals surface area contributed by atoms with Gasteiger partial charge in [0.15, 0.2) is 0 Å². The van der Waals surface area contributed by atoms with Crippen LogP contribution in [0.5, 0.6) is 0 Å². The van der Waals surface area contributed by atoms with Gasteiger partial charge in [0.2, 0.25) is 5.91 Å². The molecule has 2 aliphatic carbocycles. The third kappa shape index (κ3) is 3.69. The molecule has 0 aromatic carbocycles. The molecule has 2 atom stereocenters. The quantitative estimate of drug-likeness (QED) is 0.760. The van der Waals surface area contributed by atoms with Crippen LogP contribution in [0.1, 0.15) is 51.9 Å². The first kappa shape index (κ1) is 13.4. The van der Waals surface area contributed by atoms with Gasteiger partial charge in [0, 0.05) is 24.7 Å². The number of rotatable bonds is 6. The largest absolute Gasteiger partial charge is 0.352 e. The third-order valence-electron chi connectivity index (χ3n) is 4.66. The highest BCUT2D eigenvalue weighted by Crippen LogP contribution is 2.30. The first-order valence-corrected chi connectivity index (χ1v) is 8.03. The summed E-state index contributed by atoms with van der Waals surface area (Å²) in [5.74, 6) is 0.241. The lowest BCUT2D eigenvalue weighted by molar-refractivity contribution is -0.126. The Kier molecular flexibility index (Phi) is 4.08. The Morgan fingerprint density at radius 3 is 2.63 bits per heavy atom. The second-order valence-electron chi connectivity index (χ2n) is 6.53. The first-order chi connectivity index (χ1) is 9.24. The number of carbonyl (C=O) groups excluding carboxylic acids is 1. The van der Waals surface area contributed by atoms with Crippen LogP contribution in [0, 0.1) is 0 Å². The molecular weight excluding hydrogens is 238 g/mol. The molecule has 108 valence electrons. The van der Waals surface area contributed by atoms with Crippen LogP contribution in [0.4, 0.5) is 0 Å². The lowest BCUT2D eigenvalue weighted by atomic mass is 10.0. The summed E-state index contributed by atoms with van der Waals surface area (Å²) in [5, 5.41) is 6.76. The number of nitrogens with zero attached hydrogens (tertiary/aromatic N) is 1. The van der Waals surface area contributed by atoms with Crippen molar-refractivity contribution in [3.05, 3.63) is 0 Å². The Morgan fingerprint density at radius 2 is 2.05 bits per heavy atom. The summed E-state index contributed by atoms with van der Waals surface area (Å²) in [7, 11) is 0. The molecule has 2 N–H and O–H groups in total. The van der Waals surface area contributed by atoms with Crippen molar-refractivity contribution in [1.29, 1.82) is 0 Å². The van der Waals surface area contributed by atoms with E-state index in [0.29, 0.717) is 18.1 Å². The topological polar surface area (TPSA) is 44.4 Å². The predicted molar refractivity (Wildman–Crippen MR) is 76.0 cm³/mol. The molecule has 4 heteroatoms. The third-order valence-corrected chi connectivity index (χ3v) is 4.66. The summed E-state index contributed by atoms with van der Waals surface area (Å²) < 4.78 is 0. The van der Waals surface area contributed by atoms with Gasteiger partial charge >= 0.3 is 0 Å². The fourth-order valence-corrected chi connectivity index (χ4v) is 3.06. The minimum Gasteiger partial charge on any atom is -0.352 e. The van der Waals surface area contributed by atoms with Crippen LogP contribution in [-0.2, 0) is 4.79 Å². The number of hydrogen-bond donors (Lipinski definition) is 2. The second-order valence-corrected chi connectivity index (χ2v) is 6.53. The Labute approximate surface area is 116 Å². The monoisotopic (exact) mass is 265 g/mol. The summed E-state index contributed by atoms with van der Waals surface area (Å²) in [5.41, 5.74) is 0.